The summed E-state index contributed by atoms with van der Waals surface area (Å²) in [5.74, 6) is 0. The van der Waals surface area contributed by atoms with Crippen LogP contribution in [0.5, 0.6) is 0 Å². The van der Waals surface area contributed by atoms with Crippen molar-refractivity contribution in [2.24, 2.45) is 5.41 Å². The van der Waals surface area contributed by atoms with Crippen molar-refractivity contribution in [2.45, 2.75) is 65.8 Å². The molecule has 0 aliphatic carbocycles. The van der Waals surface area contributed by atoms with Gasteiger partial charge in [0, 0.05) is 30.4 Å². The first-order valence-electron chi connectivity index (χ1n) is 8.23. The monoisotopic (exact) mass is 307 g/mol. The van der Waals surface area contributed by atoms with Gasteiger partial charge in [0.25, 0.3) is 0 Å². The number of unbranched alkanes of at least 4 members (excludes halogenated alkanes) is 1. The molecule has 2 rings (SSSR count). The maximum atomic E-state index is 4.79. The van der Waals surface area contributed by atoms with Crippen LogP contribution in [-0.2, 0) is 6.42 Å². The second kappa shape index (κ2) is 7.41. The van der Waals surface area contributed by atoms with E-state index in [1.165, 1.54) is 31.4 Å². The number of rotatable bonds is 9. The summed E-state index contributed by atoms with van der Waals surface area (Å²) in [4.78, 5) is 5.91. The van der Waals surface area contributed by atoms with Crippen LogP contribution in [-0.4, -0.2) is 22.0 Å². The third-order valence-corrected chi connectivity index (χ3v) is 5.17. The number of nitrogens with zero attached hydrogens (tertiary/aromatic N) is 2. The van der Waals surface area contributed by atoms with E-state index in [1.807, 2.05) is 0 Å². The minimum absolute atomic E-state index is 0.338. The number of hydrogen-bond acceptors (Lipinski definition) is 3. The van der Waals surface area contributed by atoms with Gasteiger partial charge in [-0.1, -0.05) is 40.5 Å². The molecule has 0 saturated carbocycles. The van der Waals surface area contributed by atoms with Gasteiger partial charge in [0.2, 0.25) is 0 Å². The molecule has 0 aliphatic rings. The molecule has 2 aromatic heterocycles. The average molecular weight is 308 g/mol. The van der Waals surface area contributed by atoms with Crippen LogP contribution in [0, 0.1) is 5.41 Å². The molecule has 21 heavy (non-hydrogen) atoms. The fourth-order valence-electron chi connectivity index (χ4n) is 2.88. The molecule has 1 unspecified atom stereocenters. The Balaban J connectivity index is 2.14. The van der Waals surface area contributed by atoms with E-state index in [0.29, 0.717) is 11.5 Å². The van der Waals surface area contributed by atoms with Crippen molar-refractivity contribution in [2.75, 3.05) is 6.54 Å². The summed E-state index contributed by atoms with van der Waals surface area (Å²) in [5, 5.41) is 5.76. The Labute approximate surface area is 132 Å². The Bertz CT molecular complexity index is 514. The van der Waals surface area contributed by atoms with Crippen molar-refractivity contribution < 1.29 is 0 Å². The maximum Gasteiger partial charge on any atom is 0.193 e. The van der Waals surface area contributed by atoms with E-state index in [-0.39, 0.29) is 0 Å². The van der Waals surface area contributed by atoms with Gasteiger partial charge < -0.3 is 5.32 Å². The molecular weight excluding hydrogens is 278 g/mol. The zero-order valence-electron chi connectivity index (χ0n) is 13.9. The van der Waals surface area contributed by atoms with Gasteiger partial charge in [-0.25, -0.2) is 4.98 Å². The molecule has 0 bridgehead atoms. The Kier molecular flexibility index (Phi) is 5.82. The van der Waals surface area contributed by atoms with Crippen molar-refractivity contribution in [1.29, 1.82) is 0 Å². The second-order valence-electron chi connectivity index (χ2n) is 6.49. The molecule has 0 aromatic carbocycles. The molecule has 0 fully saturated rings. The third-order valence-electron chi connectivity index (χ3n) is 4.40. The summed E-state index contributed by atoms with van der Waals surface area (Å²) >= 11 is 1.71. The van der Waals surface area contributed by atoms with Crippen LogP contribution < -0.4 is 5.32 Å². The van der Waals surface area contributed by atoms with Crippen LogP contribution in [0.25, 0.3) is 4.96 Å². The summed E-state index contributed by atoms with van der Waals surface area (Å²) in [7, 11) is 0. The maximum absolute atomic E-state index is 4.79. The lowest BCUT2D eigenvalue weighted by Gasteiger charge is -2.33. The minimum Gasteiger partial charge on any atom is -0.314 e. The molecule has 4 heteroatoms. The predicted molar refractivity (Wildman–Crippen MR) is 92.2 cm³/mol. The zero-order chi connectivity index (χ0) is 15.3. The molecule has 0 aliphatic heterocycles. The summed E-state index contributed by atoms with van der Waals surface area (Å²) in [6, 6.07) is 0.544. The SMILES string of the molecule is CCCCC(CC)(CNC(C)C)Cc1cn2ccsc2n1. The molecule has 0 saturated heterocycles. The van der Waals surface area contributed by atoms with Crippen LogP contribution in [0.1, 0.15) is 59.1 Å². The zero-order valence-corrected chi connectivity index (χ0v) is 14.7. The van der Waals surface area contributed by atoms with E-state index in [0.717, 1.165) is 17.9 Å². The van der Waals surface area contributed by atoms with E-state index in [9.17, 15) is 0 Å². The van der Waals surface area contributed by atoms with E-state index in [1.54, 1.807) is 11.3 Å². The van der Waals surface area contributed by atoms with Gasteiger partial charge in [-0.2, -0.15) is 0 Å². The molecule has 3 nitrogen and oxygen atoms in total. The molecule has 1 N–H and O–H groups in total. The second-order valence-corrected chi connectivity index (χ2v) is 7.37. The van der Waals surface area contributed by atoms with Crippen molar-refractivity contribution in [3.8, 4) is 0 Å². The van der Waals surface area contributed by atoms with E-state index >= 15 is 0 Å². The molecule has 0 radical (unpaired) electrons. The Morgan fingerprint density at radius 1 is 1.38 bits per heavy atom. The standard InChI is InChI=1S/C17H29N3S/c1-5-7-8-17(6-2,13-18-14(3)4)11-15-12-20-9-10-21-16(20)19-15/h9-10,12,14,18H,5-8,11,13H2,1-4H3. The molecule has 0 spiro atoms. The minimum atomic E-state index is 0.338. The topological polar surface area (TPSA) is 29.3 Å². The van der Waals surface area contributed by atoms with Crippen molar-refractivity contribution in [1.82, 2.24) is 14.7 Å². The van der Waals surface area contributed by atoms with Gasteiger partial charge in [-0.3, -0.25) is 4.40 Å². The number of aromatic nitrogens is 2. The summed E-state index contributed by atoms with van der Waals surface area (Å²) in [6.45, 7) is 10.2. The van der Waals surface area contributed by atoms with E-state index < -0.39 is 0 Å². The molecular formula is C17H29N3S. The fourth-order valence-corrected chi connectivity index (χ4v) is 3.60. The van der Waals surface area contributed by atoms with Crippen molar-refractivity contribution >= 4 is 16.3 Å². The fraction of sp³-hybridized carbons (Fsp3) is 0.706. The Hall–Kier alpha value is -0.870. The average Bonchev–Trinajstić information content (AvgIpc) is 3.03. The normalized spacial score (nSPS) is 14.9. The highest BCUT2D eigenvalue weighted by molar-refractivity contribution is 7.15. The Morgan fingerprint density at radius 2 is 2.19 bits per heavy atom. The number of nitrogens with one attached hydrogen (secondary N) is 1. The highest BCUT2D eigenvalue weighted by atomic mass is 32.1. The predicted octanol–water partition coefficient (Wildman–Crippen LogP) is 4.52. The van der Waals surface area contributed by atoms with Gasteiger partial charge >= 0.3 is 0 Å². The first kappa shape index (κ1) is 16.5. The lowest BCUT2D eigenvalue weighted by molar-refractivity contribution is 0.221. The number of hydrogen-bond donors (Lipinski definition) is 1. The molecule has 118 valence electrons. The highest BCUT2D eigenvalue weighted by Gasteiger charge is 2.29. The summed E-state index contributed by atoms with van der Waals surface area (Å²) in [5.41, 5.74) is 1.58. The van der Waals surface area contributed by atoms with Crippen molar-refractivity contribution in [3.63, 3.8) is 0 Å². The van der Waals surface area contributed by atoms with Gasteiger partial charge in [-0.15, -0.1) is 11.3 Å². The molecule has 0 amide bonds. The summed E-state index contributed by atoms with van der Waals surface area (Å²) in [6.07, 6.45) is 10.4. The first-order valence-corrected chi connectivity index (χ1v) is 9.11. The lowest BCUT2D eigenvalue weighted by atomic mass is 9.76. The molecule has 1 atom stereocenters. The third kappa shape index (κ3) is 4.30. The van der Waals surface area contributed by atoms with Crippen LogP contribution in [0.4, 0.5) is 0 Å². The lowest BCUT2D eigenvalue weighted by Crippen LogP contribution is -2.39. The molecule has 2 heterocycles. The van der Waals surface area contributed by atoms with Crippen LogP contribution >= 0.6 is 11.3 Å². The van der Waals surface area contributed by atoms with Gasteiger partial charge in [0.15, 0.2) is 4.96 Å². The first-order chi connectivity index (χ1) is 10.1. The largest absolute Gasteiger partial charge is 0.314 e. The highest BCUT2D eigenvalue weighted by Crippen LogP contribution is 2.33. The van der Waals surface area contributed by atoms with Gasteiger partial charge in [0.05, 0.1) is 5.69 Å². The van der Waals surface area contributed by atoms with Crippen LogP contribution in [0.3, 0.4) is 0 Å². The number of fused-ring (bicyclic) bond motifs is 1. The van der Waals surface area contributed by atoms with E-state index in [4.69, 9.17) is 4.98 Å². The van der Waals surface area contributed by atoms with Crippen molar-refractivity contribution in [3.05, 3.63) is 23.5 Å². The molecule has 2 aromatic rings. The number of thiazole rings is 1. The summed E-state index contributed by atoms with van der Waals surface area (Å²) < 4.78 is 2.15. The Morgan fingerprint density at radius 3 is 2.81 bits per heavy atom. The quantitative estimate of drug-likeness (QED) is 0.738. The van der Waals surface area contributed by atoms with Crippen LogP contribution in [0.15, 0.2) is 17.8 Å². The smallest absolute Gasteiger partial charge is 0.193 e. The van der Waals surface area contributed by atoms with E-state index in [2.05, 4.69) is 55.2 Å². The number of imidazole rings is 1. The van der Waals surface area contributed by atoms with Crippen LogP contribution in [0.2, 0.25) is 0 Å². The van der Waals surface area contributed by atoms with Gasteiger partial charge in [-0.05, 0) is 24.7 Å². The van der Waals surface area contributed by atoms with Gasteiger partial charge in [0.1, 0.15) is 0 Å².